The Morgan fingerprint density at radius 2 is 1.80 bits per heavy atom. The Morgan fingerprint density at radius 1 is 1.10 bits per heavy atom. The van der Waals surface area contributed by atoms with Gasteiger partial charge in [0.1, 0.15) is 0 Å². The molecular weight excluding hydrogens is 256 g/mol. The number of methoxy groups -OCH3 is 3. The molecular formula is C16H24O4. The molecule has 4 heteroatoms. The van der Waals surface area contributed by atoms with Gasteiger partial charge in [-0.05, 0) is 24.1 Å². The lowest BCUT2D eigenvalue weighted by molar-refractivity contribution is -0.142. The third-order valence-corrected chi connectivity index (χ3v) is 3.39. The van der Waals surface area contributed by atoms with Crippen molar-refractivity contribution in [1.82, 2.24) is 0 Å². The molecule has 0 fully saturated rings. The number of carbonyl (C=O) groups excluding carboxylic acids is 1. The lowest BCUT2D eigenvalue weighted by Gasteiger charge is -2.17. The highest BCUT2D eigenvalue weighted by Crippen LogP contribution is 2.33. The molecule has 0 saturated heterocycles. The molecule has 1 atom stereocenters. The average Bonchev–Trinajstić information content (AvgIpc) is 2.50. The first-order valence-corrected chi connectivity index (χ1v) is 6.97. The summed E-state index contributed by atoms with van der Waals surface area (Å²) >= 11 is 0. The van der Waals surface area contributed by atoms with Crippen LogP contribution in [0.1, 0.15) is 44.1 Å². The van der Waals surface area contributed by atoms with E-state index in [-0.39, 0.29) is 11.9 Å². The highest BCUT2D eigenvalue weighted by atomic mass is 16.5. The number of ether oxygens (including phenoxy) is 3. The van der Waals surface area contributed by atoms with Crippen LogP contribution in [0.15, 0.2) is 18.2 Å². The number of hydrogen-bond acceptors (Lipinski definition) is 4. The standard InChI is InChI=1S/C16H24O4/c1-5-6-7-8-13(16(17)20-4)12-9-10-14(18-2)15(11-12)19-3/h9-11,13H,5-8H2,1-4H3/t13-/m0/s1. The van der Waals surface area contributed by atoms with Crippen LogP contribution in [0.4, 0.5) is 0 Å². The van der Waals surface area contributed by atoms with Gasteiger partial charge in [-0.25, -0.2) is 0 Å². The Hall–Kier alpha value is -1.71. The summed E-state index contributed by atoms with van der Waals surface area (Å²) in [4.78, 5) is 12.0. The number of benzene rings is 1. The van der Waals surface area contributed by atoms with E-state index in [1.807, 2.05) is 18.2 Å². The molecule has 1 rings (SSSR count). The van der Waals surface area contributed by atoms with Gasteiger partial charge in [0.25, 0.3) is 0 Å². The minimum Gasteiger partial charge on any atom is -0.493 e. The lowest BCUT2D eigenvalue weighted by atomic mass is 9.93. The monoisotopic (exact) mass is 280 g/mol. The summed E-state index contributed by atoms with van der Waals surface area (Å²) in [6.07, 6.45) is 4.03. The lowest BCUT2D eigenvalue weighted by Crippen LogP contribution is -2.14. The number of hydrogen-bond donors (Lipinski definition) is 0. The largest absolute Gasteiger partial charge is 0.493 e. The predicted molar refractivity (Wildman–Crippen MR) is 78.4 cm³/mol. The van der Waals surface area contributed by atoms with E-state index in [0.29, 0.717) is 11.5 Å². The Labute approximate surface area is 121 Å². The third kappa shape index (κ3) is 4.15. The molecule has 0 aromatic heterocycles. The predicted octanol–water partition coefficient (Wildman–Crippen LogP) is 3.54. The van der Waals surface area contributed by atoms with Gasteiger partial charge >= 0.3 is 5.97 Å². The first-order valence-electron chi connectivity index (χ1n) is 6.97. The van der Waals surface area contributed by atoms with Crippen molar-refractivity contribution in [1.29, 1.82) is 0 Å². The Balaban J connectivity index is 2.97. The summed E-state index contributed by atoms with van der Waals surface area (Å²) in [5.41, 5.74) is 0.908. The van der Waals surface area contributed by atoms with Gasteiger partial charge in [-0.15, -0.1) is 0 Å². The number of carbonyl (C=O) groups is 1. The van der Waals surface area contributed by atoms with Gasteiger partial charge in [0, 0.05) is 0 Å². The van der Waals surface area contributed by atoms with E-state index in [9.17, 15) is 4.79 Å². The zero-order valence-electron chi connectivity index (χ0n) is 12.8. The highest BCUT2D eigenvalue weighted by Gasteiger charge is 2.22. The molecule has 0 amide bonds. The van der Waals surface area contributed by atoms with E-state index in [1.165, 1.54) is 7.11 Å². The van der Waals surface area contributed by atoms with Crippen molar-refractivity contribution < 1.29 is 19.0 Å². The van der Waals surface area contributed by atoms with Gasteiger partial charge in [0.2, 0.25) is 0 Å². The van der Waals surface area contributed by atoms with Crippen LogP contribution in [-0.4, -0.2) is 27.3 Å². The number of rotatable bonds is 8. The first kappa shape index (κ1) is 16.3. The van der Waals surface area contributed by atoms with Crippen LogP contribution >= 0.6 is 0 Å². The van der Waals surface area contributed by atoms with Gasteiger partial charge < -0.3 is 14.2 Å². The molecule has 0 aliphatic rings. The zero-order valence-corrected chi connectivity index (χ0v) is 12.8. The van der Waals surface area contributed by atoms with Gasteiger partial charge in [-0.1, -0.05) is 32.3 Å². The molecule has 4 nitrogen and oxygen atoms in total. The molecule has 1 aromatic rings. The number of unbranched alkanes of at least 4 members (excludes halogenated alkanes) is 2. The molecule has 1 aromatic carbocycles. The van der Waals surface area contributed by atoms with Crippen molar-refractivity contribution in [2.75, 3.05) is 21.3 Å². The van der Waals surface area contributed by atoms with Crippen molar-refractivity contribution in [2.24, 2.45) is 0 Å². The maximum Gasteiger partial charge on any atom is 0.313 e. The molecule has 112 valence electrons. The van der Waals surface area contributed by atoms with E-state index in [1.54, 1.807) is 14.2 Å². The Kier molecular flexibility index (Phi) is 6.91. The minimum absolute atomic E-state index is 0.201. The molecule has 0 radical (unpaired) electrons. The fourth-order valence-corrected chi connectivity index (χ4v) is 2.23. The van der Waals surface area contributed by atoms with Crippen LogP contribution in [0.3, 0.4) is 0 Å². The summed E-state index contributed by atoms with van der Waals surface area (Å²) in [6.45, 7) is 2.14. The van der Waals surface area contributed by atoms with E-state index in [2.05, 4.69) is 6.92 Å². The fraction of sp³-hybridized carbons (Fsp3) is 0.562. The summed E-state index contributed by atoms with van der Waals surface area (Å²) < 4.78 is 15.4. The van der Waals surface area contributed by atoms with Gasteiger partial charge in [-0.3, -0.25) is 4.79 Å². The van der Waals surface area contributed by atoms with Crippen LogP contribution < -0.4 is 9.47 Å². The smallest absolute Gasteiger partial charge is 0.313 e. The maximum absolute atomic E-state index is 12.0. The molecule has 0 spiro atoms. The van der Waals surface area contributed by atoms with Crippen LogP contribution in [0, 0.1) is 0 Å². The third-order valence-electron chi connectivity index (χ3n) is 3.39. The van der Waals surface area contributed by atoms with E-state index >= 15 is 0 Å². The van der Waals surface area contributed by atoms with Crippen molar-refractivity contribution in [3.63, 3.8) is 0 Å². The SMILES string of the molecule is CCCCC[C@H](C(=O)OC)c1ccc(OC)c(OC)c1. The molecule has 0 N–H and O–H groups in total. The molecule has 0 aliphatic heterocycles. The van der Waals surface area contributed by atoms with Crippen LogP contribution in [-0.2, 0) is 9.53 Å². The molecule has 20 heavy (non-hydrogen) atoms. The minimum atomic E-state index is -0.244. The fourth-order valence-electron chi connectivity index (χ4n) is 2.23. The van der Waals surface area contributed by atoms with Crippen LogP contribution in [0.2, 0.25) is 0 Å². The maximum atomic E-state index is 12.0. The number of esters is 1. The van der Waals surface area contributed by atoms with Crippen LogP contribution in [0.5, 0.6) is 11.5 Å². The summed E-state index contributed by atoms with van der Waals surface area (Å²) in [7, 11) is 4.61. The quantitative estimate of drug-likeness (QED) is 0.539. The average molecular weight is 280 g/mol. The van der Waals surface area contributed by atoms with Gasteiger partial charge in [0.05, 0.1) is 27.2 Å². The molecule has 0 bridgehead atoms. The van der Waals surface area contributed by atoms with Gasteiger partial charge in [-0.2, -0.15) is 0 Å². The highest BCUT2D eigenvalue weighted by molar-refractivity contribution is 5.78. The van der Waals surface area contributed by atoms with Gasteiger partial charge in [0.15, 0.2) is 11.5 Å². The second-order valence-electron chi connectivity index (χ2n) is 4.69. The van der Waals surface area contributed by atoms with E-state index in [4.69, 9.17) is 14.2 Å². The summed E-state index contributed by atoms with van der Waals surface area (Å²) in [5.74, 6) is 0.850. The molecule has 0 saturated carbocycles. The Morgan fingerprint density at radius 3 is 2.35 bits per heavy atom. The van der Waals surface area contributed by atoms with Crippen LogP contribution in [0.25, 0.3) is 0 Å². The first-order chi connectivity index (χ1) is 9.67. The molecule has 0 heterocycles. The van der Waals surface area contributed by atoms with Crippen molar-refractivity contribution in [2.45, 2.75) is 38.5 Å². The van der Waals surface area contributed by atoms with E-state index in [0.717, 1.165) is 31.2 Å². The van der Waals surface area contributed by atoms with Crippen molar-refractivity contribution >= 4 is 5.97 Å². The van der Waals surface area contributed by atoms with E-state index < -0.39 is 0 Å². The molecule has 0 aliphatic carbocycles. The summed E-state index contributed by atoms with van der Waals surface area (Å²) in [5, 5.41) is 0. The zero-order chi connectivity index (χ0) is 15.0. The summed E-state index contributed by atoms with van der Waals surface area (Å²) in [6, 6.07) is 5.57. The van der Waals surface area contributed by atoms with Crippen molar-refractivity contribution in [3.8, 4) is 11.5 Å². The topological polar surface area (TPSA) is 44.8 Å². The second-order valence-corrected chi connectivity index (χ2v) is 4.69. The second kappa shape index (κ2) is 8.46. The normalized spacial score (nSPS) is 11.8. The Bertz CT molecular complexity index is 428. The molecule has 0 unspecified atom stereocenters. The van der Waals surface area contributed by atoms with Crippen molar-refractivity contribution in [3.05, 3.63) is 23.8 Å².